The molecule has 6 heteroatoms. The van der Waals surface area contributed by atoms with E-state index in [2.05, 4.69) is 54.5 Å². The van der Waals surface area contributed by atoms with Crippen molar-refractivity contribution in [2.24, 2.45) is 12.0 Å². The summed E-state index contributed by atoms with van der Waals surface area (Å²) in [7, 11) is 1.98. The van der Waals surface area contributed by atoms with Gasteiger partial charge in [0.2, 0.25) is 0 Å². The maximum absolute atomic E-state index is 4.78. The lowest BCUT2D eigenvalue weighted by Gasteiger charge is -2.23. The Hall–Kier alpha value is -1.56. The highest BCUT2D eigenvalue weighted by Gasteiger charge is 2.26. The van der Waals surface area contributed by atoms with Gasteiger partial charge in [0.25, 0.3) is 0 Å². The highest BCUT2D eigenvalue weighted by atomic mass is 15.3. The average molecular weight is 320 g/mol. The van der Waals surface area contributed by atoms with Crippen molar-refractivity contribution in [2.45, 2.75) is 45.6 Å². The first-order valence-electron chi connectivity index (χ1n) is 8.66. The Kier molecular flexibility index (Phi) is 6.04. The van der Waals surface area contributed by atoms with Crippen molar-refractivity contribution in [1.29, 1.82) is 0 Å². The monoisotopic (exact) mass is 320 g/mol. The van der Waals surface area contributed by atoms with Crippen molar-refractivity contribution in [1.82, 2.24) is 25.3 Å². The molecule has 1 aromatic rings. The fourth-order valence-electron chi connectivity index (χ4n) is 2.89. The second-order valence-corrected chi connectivity index (χ2v) is 7.29. The molecule has 1 aromatic heterocycles. The van der Waals surface area contributed by atoms with Crippen molar-refractivity contribution in [3.8, 4) is 0 Å². The summed E-state index contributed by atoms with van der Waals surface area (Å²) in [6.07, 6.45) is 5.29. The molecule has 2 heterocycles. The zero-order valence-electron chi connectivity index (χ0n) is 15.3. The number of aromatic nitrogens is 2. The number of rotatable bonds is 5. The zero-order chi connectivity index (χ0) is 16.9. The summed E-state index contributed by atoms with van der Waals surface area (Å²) in [5.74, 6) is 1.59. The van der Waals surface area contributed by atoms with Crippen LogP contribution >= 0.6 is 0 Å². The molecule has 1 saturated heterocycles. The number of guanidine groups is 1. The van der Waals surface area contributed by atoms with Gasteiger partial charge in [-0.15, -0.1) is 0 Å². The third kappa shape index (κ3) is 5.53. The van der Waals surface area contributed by atoms with Crippen LogP contribution in [0.25, 0.3) is 0 Å². The van der Waals surface area contributed by atoms with Gasteiger partial charge in [0, 0.05) is 50.9 Å². The van der Waals surface area contributed by atoms with E-state index < -0.39 is 0 Å². The molecule has 2 N–H and O–H groups in total. The minimum absolute atomic E-state index is 0.146. The number of hydrogen-bond donors (Lipinski definition) is 2. The van der Waals surface area contributed by atoms with Crippen molar-refractivity contribution >= 4 is 5.96 Å². The van der Waals surface area contributed by atoms with E-state index in [1.807, 2.05) is 17.9 Å². The Balaban J connectivity index is 1.90. The minimum atomic E-state index is 0.146. The molecular formula is C17H32N6. The molecule has 0 saturated carbocycles. The van der Waals surface area contributed by atoms with Crippen LogP contribution in [0.5, 0.6) is 0 Å². The lowest BCUT2D eigenvalue weighted by molar-refractivity contribution is 0.430. The largest absolute Gasteiger partial charge is 0.357 e. The highest BCUT2D eigenvalue weighted by molar-refractivity contribution is 5.80. The molecule has 6 nitrogen and oxygen atoms in total. The Morgan fingerprint density at radius 3 is 2.83 bits per heavy atom. The van der Waals surface area contributed by atoms with Gasteiger partial charge >= 0.3 is 0 Å². The summed E-state index contributed by atoms with van der Waals surface area (Å²) in [6, 6.07) is 0. The Bertz CT molecular complexity index is 513. The predicted molar refractivity (Wildman–Crippen MR) is 95.9 cm³/mol. The summed E-state index contributed by atoms with van der Waals surface area (Å²) >= 11 is 0. The molecule has 0 amide bonds. The van der Waals surface area contributed by atoms with E-state index in [0.717, 1.165) is 45.1 Å². The molecule has 0 aliphatic carbocycles. The molecule has 1 aliphatic heterocycles. The average Bonchev–Trinajstić information content (AvgIpc) is 3.10. The molecule has 0 aromatic carbocycles. The van der Waals surface area contributed by atoms with E-state index in [1.165, 1.54) is 5.56 Å². The van der Waals surface area contributed by atoms with E-state index in [0.29, 0.717) is 5.92 Å². The van der Waals surface area contributed by atoms with Crippen LogP contribution in [0.2, 0.25) is 0 Å². The van der Waals surface area contributed by atoms with Gasteiger partial charge in [0.15, 0.2) is 5.96 Å². The summed E-state index contributed by atoms with van der Waals surface area (Å²) in [5.41, 5.74) is 1.48. The molecule has 1 fully saturated rings. The lowest BCUT2D eigenvalue weighted by Crippen LogP contribution is -2.41. The highest BCUT2D eigenvalue weighted by Crippen LogP contribution is 2.26. The smallest absolute Gasteiger partial charge is 0.193 e. The Labute approximate surface area is 140 Å². The number of aliphatic imine (C=N–C) groups is 1. The fraction of sp³-hybridized carbons (Fsp3) is 0.765. The number of aryl methyl sites for hydroxylation is 1. The Morgan fingerprint density at radius 2 is 2.22 bits per heavy atom. The second kappa shape index (κ2) is 7.81. The first-order chi connectivity index (χ1) is 10.9. The van der Waals surface area contributed by atoms with Gasteiger partial charge in [-0.1, -0.05) is 0 Å². The van der Waals surface area contributed by atoms with Gasteiger partial charge in [-0.25, -0.2) is 0 Å². The lowest BCUT2D eigenvalue weighted by atomic mass is 10.0. The van der Waals surface area contributed by atoms with Gasteiger partial charge in [-0.05, 0) is 39.7 Å². The maximum Gasteiger partial charge on any atom is 0.193 e. The van der Waals surface area contributed by atoms with Crippen LogP contribution in [-0.4, -0.2) is 58.9 Å². The summed E-state index contributed by atoms with van der Waals surface area (Å²) in [5, 5.41) is 11.2. The number of nitrogens with zero attached hydrogens (tertiary/aromatic N) is 4. The van der Waals surface area contributed by atoms with Crippen LogP contribution < -0.4 is 10.6 Å². The molecule has 1 unspecified atom stereocenters. The third-order valence-corrected chi connectivity index (χ3v) is 4.05. The van der Waals surface area contributed by atoms with Crippen LogP contribution in [0.1, 0.15) is 45.6 Å². The molecule has 130 valence electrons. The molecule has 2 rings (SSSR count). The number of likely N-dealkylation sites (tertiary alicyclic amines) is 1. The van der Waals surface area contributed by atoms with Crippen molar-refractivity contribution in [2.75, 3.05) is 32.7 Å². The van der Waals surface area contributed by atoms with E-state index in [-0.39, 0.29) is 5.54 Å². The zero-order valence-corrected chi connectivity index (χ0v) is 15.3. The second-order valence-electron chi connectivity index (χ2n) is 7.29. The number of hydrogen-bond acceptors (Lipinski definition) is 3. The van der Waals surface area contributed by atoms with Crippen LogP contribution in [-0.2, 0) is 7.05 Å². The van der Waals surface area contributed by atoms with E-state index in [1.54, 1.807) is 0 Å². The van der Waals surface area contributed by atoms with Crippen LogP contribution in [0.3, 0.4) is 0 Å². The molecule has 23 heavy (non-hydrogen) atoms. The van der Waals surface area contributed by atoms with Crippen molar-refractivity contribution in [3.63, 3.8) is 0 Å². The predicted octanol–water partition coefficient (Wildman–Crippen LogP) is 1.56. The van der Waals surface area contributed by atoms with E-state index in [4.69, 9.17) is 4.99 Å². The third-order valence-electron chi connectivity index (χ3n) is 4.05. The van der Waals surface area contributed by atoms with Gasteiger partial charge in [-0.2, -0.15) is 5.10 Å². The van der Waals surface area contributed by atoms with Crippen LogP contribution in [0, 0.1) is 0 Å². The quantitative estimate of drug-likeness (QED) is 0.491. The molecule has 1 aliphatic rings. The van der Waals surface area contributed by atoms with Gasteiger partial charge < -0.3 is 15.5 Å². The first kappa shape index (κ1) is 17.8. The summed E-state index contributed by atoms with van der Waals surface area (Å²) in [4.78, 5) is 7.15. The molecule has 1 atom stereocenters. The summed E-state index contributed by atoms with van der Waals surface area (Å²) in [6.45, 7) is 13.3. The van der Waals surface area contributed by atoms with Crippen LogP contribution in [0.15, 0.2) is 17.4 Å². The Morgan fingerprint density at radius 1 is 1.43 bits per heavy atom. The molecule has 0 radical (unpaired) electrons. The standard InChI is InChI=1S/C17H32N6/c1-6-18-16(19-8-9-20-17(2,3)4)23-10-7-14(13-23)15-11-21-22(5)12-15/h11-12,14,20H,6-10,13H2,1-5H3,(H,18,19). The van der Waals surface area contributed by atoms with E-state index >= 15 is 0 Å². The molecule has 0 spiro atoms. The van der Waals surface area contributed by atoms with Crippen molar-refractivity contribution in [3.05, 3.63) is 18.0 Å². The summed E-state index contributed by atoms with van der Waals surface area (Å²) < 4.78 is 1.88. The van der Waals surface area contributed by atoms with Crippen molar-refractivity contribution < 1.29 is 0 Å². The van der Waals surface area contributed by atoms with Gasteiger partial charge in [0.1, 0.15) is 0 Å². The number of nitrogens with one attached hydrogen (secondary N) is 2. The molecule has 0 bridgehead atoms. The normalized spacial score (nSPS) is 19.4. The fourth-order valence-corrected chi connectivity index (χ4v) is 2.89. The van der Waals surface area contributed by atoms with E-state index in [9.17, 15) is 0 Å². The van der Waals surface area contributed by atoms with Gasteiger partial charge in [0.05, 0.1) is 12.7 Å². The topological polar surface area (TPSA) is 57.5 Å². The van der Waals surface area contributed by atoms with Crippen LogP contribution in [0.4, 0.5) is 0 Å². The SMILES string of the molecule is CCNC(=NCCNC(C)(C)C)N1CCC(c2cnn(C)c2)C1. The maximum atomic E-state index is 4.78. The van der Waals surface area contributed by atoms with Gasteiger partial charge in [-0.3, -0.25) is 9.67 Å². The minimum Gasteiger partial charge on any atom is -0.357 e. The first-order valence-corrected chi connectivity index (χ1v) is 8.66. The molecular weight excluding hydrogens is 288 g/mol.